The Morgan fingerprint density at radius 1 is 1.62 bits per heavy atom. The second kappa shape index (κ2) is 6.03. The molecule has 0 aliphatic heterocycles. The number of nitrogens with one attached hydrogen (secondary N) is 1. The van der Waals surface area contributed by atoms with Gasteiger partial charge in [-0.3, -0.25) is 4.21 Å². The first-order valence-corrected chi connectivity index (χ1v) is 7.36. The highest BCUT2D eigenvalue weighted by Crippen LogP contribution is 2.18. The lowest BCUT2D eigenvalue weighted by molar-refractivity contribution is 0.536. The lowest BCUT2D eigenvalue weighted by Gasteiger charge is -2.15. The molecule has 0 aliphatic rings. The largest absolute Gasteiger partial charge is 0.356 e. The van der Waals surface area contributed by atoms with Crippen LogP contribution in [0.4, 0.5) is 5.95 Å². The zero-order valence-corrected chi connectivity index (χ0v) is 11.3. The maximum atomic E-state index is 11.1. The number of hydrogen-bond acceptors (Lipinski definition) is 3. The maximum Gasteiger partial charge on any atom is 0.203 e. The van der Waals surface area contributed by atoms with Crippen molar-refractivity contribution in [3.05, 3.63) is 11.9 Å². The minimum atomic E-state index is -0.718. The van der Waals surface area contributed by atoms with Crippen LogP contribution in [0.3, 0.4) is 0 Å². The Hall–Kier alpha value is -0.840. The number of rotatable bonds is 6. The minimum absolute atomic E-state index is 0.333. The molecule has 0 saturated carbocycles. The Bertz CT molecular complexity index is 362. The third kappa shape index (κ3) is 3.63. The Morgan fingerprint density at radius 2 is 2.31 bits per heavy atom. The quantitative estimate of drug-likeness (QED) is 0.830. The summed E-state index contributed by atoms with van der Waals surface area (Å²) in [4.78, 5) is 4.42. The van der Waals surface area contributed by atoms with Crippen LogP contribution in [0.15, 0.2) is 6.20 Å². The Balaban J connectivity index is 2.72. The summed E-state index contributed by atoms with van der Waals surface area (Å²) in [6.07, 6.45) is 4.70. The number of aryl methyl sites for hydroxylation is 1. The lowest BCUT2D eigenvalue weighted by atomic mass is 10.2. The van der Waals surface area contributed by atoms with Crippen LogP contribution in [-0.4, -0.2) is 32.3 Å². The molecule has 0 aliphatic carbocycles. The van der Waals surface area contributed by atoms with Crippen molar-refractivity contribution in [1.29, 1.82) is 0 Å². The van der Waals surface area contributed by atoms with E-state index in [4.69, 9.17) is 0 Å². The molecule has 0 saturated heterocycles. The van der Waals surface area contributed by atoms with Crippen LogP contribution in [0.5, 0.6) is 0 Å². The summed E-state index contributed by atoms with van der Waals surface area (Å²) in [6, 6.07) is 0.333. The molecule has 0 amide bonds. The monoisotopic (exact) mass is 243 g/mol. The van der Waals surface area contributed by atoms with Crippen LogP contribution in [0.1, 0.15) is 32.0 Å². The summed E-state index contributed by atoms with van der Waals surface area (Å²) < 4.78 is 13.2. The van der Waals surface area contributed by atoms with Gasteiger partial charge < -0.3 is 9.88 Å². The van der Waals surface area contributed by atoms with E-state index in [0.717, 1.165) is 30.4 Å². The molecule has 1 heterocycles. The third-order valence-electron chi connectivity index (χ3n) is 2.49. The van der Waals surface area contributed by atoms with Gasteiger partial charge in [0.15, 0.2) is 0 Å². The van der Waals surface area contributed by atoms with Crippen molar-refractivity contribution in [3.63, 3.8) is 0 Å². The highest BCUT2D eigenvalue weighted by atomic mass is 32.2. The summed E-state index contributed by atoms with van der Waals surface area (Å²) >= 11 is 0. The van der Waals surface area contributed by atoms with Crippen LogP contribution < -0.4 is 5.32 Å². The average Bonchev–Trinajstić information content (AvgIpc) is 2.56. The molecule has 2 unspecified atom stereocenters. The van der Waals surface area contributed by atoms with Crippen molar-refractivity contribution >= 4 is 16.7 Å². The van der Waals surface area contributed by atoms with E-state index in [-0.39, 0.29) is 0 Å². The number of imidazole rings is 1. The van der Waals surface area contributed by atoms with Crippen LogP contribution >= 0.6 is 0 Å². The summed E-state index contributed by atoms with van der Waals surface area (Å²) in [5, 5.41) is 3.24. The summed E-state index contributed by atoms with van der Waals surface area (Å²) in [6.45, 7) is 7.04. The first-order chi connectivity index (χ1) is 7.54. The Kier molecular flexibility index (Phi) is 4.99. The molecule has 1 rings (SSSR count). The normalized spacial score (nSPS) is 14.8. The van der Waals surface area contributed by atoms with Gasteiger partial charge in [-0.25, -0.2) is 4.98 Å². The van der Waals surface area contributed by atoms with Crippen molar-refractivity contribution in [1.82, 2.24) is 9.55 Å². The first kappa shape index (κ1) is 13.2. The van der Waals surface area contributed by atoms with Gasteiger partial charge >= 0.3 is 0 Å². The van der Waals surface area contributed by atoms with E-state index in [1.165, 1.54) is 0 Å². The minimum Gasteiger partial charge on any atom is -0.356 e. The summed E-state index contributed by atoms with van der Waals surface area (Å²) in [7, 11) is -0.718. The fraction of sp³-hybridized carbons (Fsp3) is 0.727. The second-order valence-electron chi connectivity index (χ2n) is 4.06. The topological polar surface area (TPSA) is 46.9 Å². The maximum absolute atomic E-state index is 11.1. The van der Waals surface area contributed by atoms with Gasteiger partial charge in [-0.1, -0.05) is 0 Å². The lowest BCUT2D eigenvalue weighted by Crippen LogP contribution is -2.12. The first-order valence-electron chi connectivity index (χ1n) is 5.64. The molecule has 5 heteroatoms. The smallest absolute Gasteiger partial charge is 0.203 e. The highest BCUT2D eigenvalue weighted by molar-refractivity contribution is 7.84. The average molecular weight is 243 g/mol. The molecule has 92 valence electrons. The van der Waals surface area contributed by atoms with Gasteiger partial charge in [-0.2, -0.15) is 0 Å². The molecule has 0 radical (unpaired) electrons. The van der Waals surface area contributed by atoms with Gasteiger partial charge in [-0.05, 0) is 27.2 Å². The van der Waals surface area contributed by atoms with Crippen molar-refractivity contribution in [2.75, 3.05) is 23.9 Å². The highest BCUT2D eigenvalue weighted by Gasteiger charge is 2.11. The van der Waals surface area contributed by atoms with E-state index in [0.29, 0.717) is 6.04 Å². The number of anilines is 1. The SMILES string of the molecule is CCNc1nc(C)cn1C(C)CCS(C)=O. The van der Waals surface area contributed by atoms with Gasteiger partial charge in [0.25, 0.3) is 0 Å². The molecule has 4 nitrogen and oxygen atoms in total. The van der Waals surface area contributed by atoms with Crippen LogP contribution in [0.2, 0.25) is 0 Å². The standard InChI is InChI=1S/C11H21N3OS/c1-5-12-11-13-9(2)8-14(11)10(3)6-7-16(4)15/h8,10H,5-7H2,1-4H3,(H,12,13). The van der Waals surface area contributed by atoms with E-state index < -0.39 is 10.8 Å². The molecule has 1 aromatic heterocycles. The zero-order chi connectivity index (χ0) is 12.1. The second-order valence-corrected chi connectivity index (χ2v) is 5.61. The number of aromatic nitrogens is 2. The molecule has 0 aromatic carbocycles. The molecule has 0 fully saturated rings. The Labute approximate surface area is 99.9 Å². The van der Waals surface area contributed by atoms with Crippen molar-refractivity contribution in [2.24, 2.45) is 0 Å². The molecular weight excluding hydrogens is 222 g/mol. The molecule has 1 aromatic rings. The van der Waals surface area contributed by atoms with E-state index in [1.807, 2.05) is 13.1 Å². The van der Waals surface area contributed by atoms with Gasteiger partial charge in [0.1, 0.15) is 0 Å². The fourth-order valence-corrected chi connectivity index (χ4v) is 2.29. The molecule has 16 heavy (non-hydrogen) atoms. The third-order valence-corrected chi connectivity index (χ3v) is 3.30. The molecular formula is C11H21N3OS. The van der Waals surface area contributed by atoms with Gasteiger partial charge in [0.2, 0.25) is 5.95 Å². The van der Waals surface area contributed by atoms with Crippen molar-refractivity contribution < 1.29 is 4.21 Å². The fourth-order valence-electron chi connectivity index (χ4n) is 1.62. The van der Waals surface area contributed by atoms with Gasteiger partial charge in [-0.15, -0.1) is 0 Å². The number of nitrogens with zero attached hydrogens (tertiary/aromatic N) is 2. The van der Waals surface area contributed by atoms with Crippen LogP contribution in [0, 0.1) is 6.92 Å². The van der Waals surface area contributed by atoms with Crippen LogP contribution in [-0.2, 0) is 10.8 Å². The van der Waals surface area contributed by atoms with Crippen LogP contribution in [0.25, 0.3) is 0 Å². The predicted octanol–water partition coefficient (Wildman–Crippen LogP) is 1.95. The summed E-state index contributed by atoms with van der Waals surface area (Å²) in [5.74, 6) is 1.65. The number of hydrogen-bond donors (Lipinski definition) is 1. The van der Waals surface area contributed by atoms with Gasteiger partial charge in [0.05, 0.1) is 5.69 Å². The molecule has 0 bridgehead atoms. The van der Waals surface area contributed by atoms with E-state index >= 15 is 0 Å². The Morgan fingerprint density at radius 3 is 2.88 bits per heavy atom. The predicted molar refractivity (Wildman–Crippen MR) is 69.4 cm³/mol. The van der Waals surface area contributed by atoms with Crippen molar-refractivity contribution in [3.8, 4) is 0 Å². The van der Waals surface area contributed by atoms with E-state index in [1.54, 1.807) is 6.26 Å². The zero-order valence-electron chi connectivity index (χ0n) is 10.5. The van der Waals surface area contributed by atoms with Gasteiger partial charge in [0, 0.05) is 41.6 Å². The van der Waals surface area contributed by atoms with E-state index in [2.05, 4.69) is 28.7 Å². The molecule has 0 spiro atoms. The molecule has 2 atom stereocenters. The summed E-state index contributed by atoms with van der Waals surface area (Å²) in [5.41, 5.74) is 1.01. The molecule has 1 N–H and O–H groups in total. The van der Waals surface area contributed by atoms with E-state index in [9.17, 15) is 4.21 Å². The van der Waals surface area contributed by atoms with Crippen molar-refractivity contribution in [2.45, 2.75) is 33.2 Å².